The fraction of sp³-hybridized carbons (Fsp3) is 0.562. The highest BCUT2D eigenvalue weighted by atomic mass is 16.5. The number of nitrogens with zero attached hydrogens (tertiary/aromatic N) is 1. The highest BCUT2D eigenvalue weighted by Gasteiger charge is 2.17. The molecule has 1 aromatic rings. The van der Waals surface area contributed by atoms with Gasteiger partial charge in [-0.3, -0.25) is 4.79 Å². The van der Waals surface area contributed by atoms with Crippen LogP contribution in [0.3, 0.4) is 0 Å². The molecule has 1 aliphatic heterocycles. The van der Waals surface area contributed by atoms with Gasteiger partial charge in [0.05, 0.1) is 0 Å². The highest BCUT2D eigenvalue weighted by molar-refractivity contribution is 5.77. The second-order valence-corrected chi connectivity index (χ2v) is 5.62. The van der Waals surface area contributed by atoms with Crippen LogP contribution in [0.4, 0.5) is 0 Å². The van der Waals surface area contributed by atoms with Gasteiger partial charge in [0.25, 0.3) is 5.91 Å². The van der Waals surface area contributed by atoms with E-state index < -0.39 is 0 Å². The molecule has 0 atom stereocenters. The van der Waals surface area contributed by atoms with Crippen LogP contribution in [0.15, 0.2) is 18.2 Å². The number of aryl methyl sites for hydroxylation is 1. The van der Waals surface area contributed by atoms with Gasteiger partial charge in [0.15, 0.2) is 6.61 Å². The Morgan fingerprint density at radius 1 is 1.35 bits per heavy atom. The summed E-state index contributed by atoms with van der Waals surface area (Å²) in [5.41, 5.74) is 2.67. The van der Waals surface area contributed by atoms with Gasteiger partial charge in [-0.15, -0.1) is 0 Å². The summed E-state index contributed by atoms with van der Waals surface area (Å²) in [6, 6.07) is 6.18. The van der Waals surface area contributed by atoms with E-state index >= 15 is 0 Å². The summed E-state index contributed by atoms with van der Waals surface area (Å²) in [6.45, 7) is 4.41. The maximum atomic E-state index is 11.5. The van der Waals surface area contributed by atoms with Crippen molar-refractivity contribution in [2.45, 2.75) is 25.7 Å². The van der Waals surface area contributed by atoms with Gasteiger partial charge < -0.3 is 15.0 Å². The first-order valence-corrected chi connectivity index (χ1v) is 7.22. The van der Waals surface area contributed by atoms with E-state index in [0.29, 0.717) is 5.92 Å². The van der Waals surface area contributed by atoms with Crippen LogP contribution in [-0.4, -0.2) is 44.6 Å². The van der Waals surface area contributed by atoms with Gasteiger partial charge in [0.2, 0.25) is 0 Å². The van der Waals surface area contributed by atoms with Crippen molar-refractivity contribution in [2.24, 2.45) is 0 Å². The minimum absolute atomic E-state index is 0.0231. The van der Waals surface area contributed by atoms with Crippen LogP contribution in [0.5, 0.6) is 5.75 Å². The maximum Gasteiger partial charge on any atom is 0.259 e. The minimum Gasteiger partial charge on any atom is -0.484 e. The SMILES string of the molecule is Cc1cc(OCC(=O)N(C)C)ccc1C1CCNCC1. The van der Waals surface area contributed by atoms with Crippen molar-refractivity contribution in [1.82, 2.24) is 10.2 Å². The van der Waals surface area contributed by atoms with E-state index in [1.165, 1.54) is 28.9 Å². The number of carbonyl (C=O) groups excluding carboxylic acids is 1. The molecule has 1 N–H and O–H groups in total. The number of nitrogens with one attached hydrogen (secondary N) is 1. The molecular formula is C16H24N2O2. The quantitative estimate of drug-likeness (QED) is 0.913. The van der Waals surface area contributed by atoms with Crippen LogP contribution in [0.1, 0.15) is 29.9 Å². The number of piperidine rings is 1. The molecule has 0 aliphatic carbocycles. The molecule has 0 aromatic heterocycles. The van der Waals surface area contributed by atoms with Crippen molar-refractivity contribution >= 4 is 5.91 Å². The molecule has 0 bridgehead atoms. The van der Waals surface area contributed by atoms with Gasteiger partial charge in [-0.1, -0.05) is 6.07 Å². The molecule has 1 aromatic carbocycles. The summed E-state index contributed by atoms with van der Waals surface area (Å²) in [5, 5.41) is 3.39. The third-order valence-electron chi connectivity index (χ3n) is 3.88. The monoisotopic (exact) mass is 276 g/mol. The number of benzene rings is 1. The lowest BCUT2D eigenvalue weighted by atomic mass is 9.87. The standard InChI is InChI=1S/C16H24N2O2/c1-12-10-14(20-11-16(19)18(2)3)4-5-15(12)13-6-8-17-9-7-13/h4-5,10,13,17H,6-9,11H2,1-3H3. The van der Waals surface area contributed by atoms with Crippen LogP contribution in [0.25, 0.3) is 0 Å². The summed E-state index contributed by atoms with van der Waals surface area (Å²) in [7, 11) is 3.47. The van der Waals surface area contributed by atoms with Gasteiger partial charge in [-0.25, -0.2) is 0 Å². The zero-order chi connectivity index (χ0) is 14.5. The Kier molecular flexibility index (Phi) is 5.01. The van der Waals surface area contributed by atoms with Crippen LogP contribution >= 0.6 is 0 Å². The molecule has 1 saturated heterocycles. The number of hydrogen-bond donors (Lipinski definition) is 1. The van der Waals surface area contributed by atoms with Crippen molar-refractivity contribution in [2.75, 3.05) is 33.8 Å². The molecule has 1 amide bonds. The number of rotatable bonds is 4. The number of carbonyl (C=O) groups is 1. The molecule has 4 nitrogen and oxygen atoms in total. The predicted molar refractivity (Wildman–Crippen MR) is 80.2 cm³/mol. The van der Waals surface area contributed by atoms with E-state index in [9.17, 15) is 4.79 Å². The molecule has 4 heteroatoms. The predicted octanol–water partition coefficient (Wildman–Crippen LogP) is 1.93. The lowest BCUT2D eigenvalue weighted by Crippen LogP contribution is -2.27. The lowest BCUT2D eigenvalue weighted by molar-refractivity contribution is -0.130. The second kappa shape index (κ2) is 6.75. The van der Waals surface area contributed by atoms with Crippen molar-refractivity contribution in [3.05, 3.63) is 29.3 Å². The average molecular weight is 276 g/mol. The van der Waals surface area contributed by atoms with E-state index in [4.69, 9.17) is 4.74 Å². The molecule has 0 saturated carbocycles. The number of ether oxygens (including phenoxy) is 1. The molecule has 1 fully saturated rings. The summed E-state index contributed by atoms with van der Waals surface area (Å²) in [4.78, 5) is 13.0. The zero-order valence-electron chi connectivity index (χ0n) is 12.6. The summed E-state index contributed by atoms with van der Waals surface area (Å²) in [5.74, 6) is 1.40. The molecule has 2 rings (SSSR count). The van der Waals surface area contributed by atoms with E-state index in [0.717, 1.165) is 18.8 Å². The normalized spacial score (nSPS) is 15.9. The Morgan fingerprint density at radius 3 is 2.65 bits per heavy atom. The van der Waals surface area contributed by atoms with Gasteiger partial charge in [-0.2, -0.15) is 0 Å². The smallest absolute Gasteiger partial charge is 0.259 e. The number of amides is 1. The summed E-state index contributed by atoms with van der Waals surface area (Å²) in [6.07, 6.45) is 2.39. The number of hydrogen-bond acceptors (Lipinski definition) is 3. The van der Waals surface area contributed by atoms with E-state index in [-0.39, 0.29) is 12.5 Å². The van der Waals surface area contributed by atoms with Crippen LogP contribution in [0, 0.1) is 6.92 Å². The van der Waals surface area contributed by atoms with Gasteiger partial charge in [0, 0.05) is 14.1 Å². The minimum atomic E-state index is -0.0231. The Balaban J connectivity index is 2.00. The third-order valence-corrected chi connectivity index (χ3v) is 3.88. The zero-order valence-corrected chi connectivity index (χ0v) is 12.6. The number of likely N-dealkylation sites (N-methyl/N-ethyl adjacent to an activating group) is 1. The Hall–Kier alpha value is -1.55. The largest absolute Gasteiger partial charge is 0.484 e. The summed E-state index contributed by atoms with van der Waals surface area (Å²) < 4.78 is 5.55. The molecular weight excluding hydrogens is 252 g/mol. The molecule has 1 heterocycles. The maximum absolute atomic E-state index is 11.5. The van der Waals surface area contributed by atoms with E-state index in [1.54, 1.807) is 14.1 Å². The van der Waals surface area contributed by atoms with Gasteiger partial charge >= 0.3 is 0 Å². The lowest BCUT2D eigenvalue weighted by Gasteiger charge is -2.24. The van der Waals surface area contributed by atoms with Crippen molar-refractivity contribution in [1.29, 1.82) is 0 Å². The first-order chi connectivity index (χ1) is 9.58. The second-order valence-electron chi connectivity index (χ2n) is 5.62. The van der Waals surface area contributed by atoms with E-state index in [2.05, 4.69) is 18.3 Å². The molecule has 1 aliphatic rings. The molecule has 20 heavy (non-hydrogen) atoms. The van der Waals surface area contributed by atoms with Crippen molar-refractivity contribution < 1.29 is 9.53 Å². The van der Waals surface area contributed by atoms with Crippen LogP contribution in [0.2, 0.25) is 0 Å². The Morgan fingerprint density at radius 2 is 2.05 bits per heavy atom. The van der Waals surface area contributed by atoms with Crippen molar-refractivity contribution in [3.8, 4) is 5.75 Å². The van der Waals surface area contributed by atoms with Crippen molar-refractivity contribution in [3.63, 3.8) is 0 Å². The highest BCUT2D eigenvalue weighted by Crippen LogP contribution is 2.29. The molecule has 0 spiro atoms. The molecule has 110 valence electrons. The van der Waals surface area contributed by atoms with Gasteiger partial charge in [-0.05, 0) is 62.0 Å². The topological polar surface area (TPSA) is 41.6 Å². The first kappa shape index (κ1) is 14.9. The Bertz CT molecular complexity index is 466. The average Bonchev–Trinajstić information content (AvgIpc) is 2.45. The molecule has 0 unspecified atom stereocenters. The Labute approximate surface area is 121 Å². The van der Waals surface area contributed by atoms with Crippen LogP contribution < -0.4 is 10.1 Å². The van der Waals surface area contributed by atoms with Gasteiger partial charge in [0.1, 0.15) is 5.75 Å². The fourth-order valence-corrected chi connectivity index (χ4v) is 2.60. The van der Waals surface area contributed by atoms with Crippen LogP contribution in [-0.2, 0) is 4.79 Å². The first-order valence-electron chi connectivity index (χ1n) is 7.22. The third kappa shape index (κ3) is 3.73. The van der Waals surface area contributed by atoms with E-state index in [1.807, 2.05) is 12.1 Å². The summed E-state index contributed by atoms with van der Waals surface area (Å²) >= 11 is 0. The fourth-order valence-electron chi connectivity index (χ4n) is 2.60. The molecule has 0 radical (unpaired) electrons.